The molecule has 5 heteroatoms. The van der Waals surface area contributed by atoms with E-state index in [1.165, 1.54) is 11.1 Å². The van der Waals surface area contributed by atoms with Crippen LogP contribution in [0.3, 0.4) is 0 Å². The fraction of sp³-hybridized carbons (Fsp3) is 0.217. The van der Waals surface area contributed by atoms with E-state index in [0.29, 0.717) is 5.92 Å². The number of hydrogen-bond acceptors (Lipinski definition) is 4. The van der Waals surface area contributed by atoms with Gasteiger partial charge in [0.2, 0.25) is 5.28 Å². The van der Waals surface area contributed by atoms with Crippen molar-refractivity contribution in [1.82, 2.24) is 9.97 Å². The van der Waals surface area contributed by atoms with Gasteiger partial charge in [-0.2, -0.15) is 4.98 Å². The standard InChI is InChI=1S/C23H22ClN3S/c1-4-27(18-8-6-5-7-9-18)21-20-19(14-28-22(20)26-23(24)25-21)17-12-10-16(11-13-17)15(2)3/h5-15H,4H2,1-3H3. The van der Waals surface area contributed by atoms with Crippen molar-refractivity contribution in [3.63, 3.8) is 0 Å². The van der Waals surface area contributed by atoms with E-state index in [0.717, 1.165) is 33.8 Å². The van der Waals surface area contributed by atoms with E-state index >= 15 is 0 Å². The van der Waals surface area contributed by atoms with Crippen molar-refractivity contribution >= 4 is 44.7 Å². The summed E-state index contributed by atoms with van der Waals surface area (Å²) in [5, 5.41) is 3.49. The van der Waals surface area contributed by atoms with Crippen molar-refractivity contribution < 1.29 is 0 Å². The molecule has 0 saturated carbocycles. The largest absolute Gasteiger partial charge is 0.326 e. The quantitative estimate of drug-likeness (QED) is 0.325. The number of benzene rings is 2. The van der Waals surface area contributed by atoms with Crippen LogP contribution < -0.4 is 4.90 Å². The van der Waals surface area contributed by atoms with Gasteiger partial charge in [-0.15, -0.1) is 11.3 Å². The summed E-state index contributed by atoms with van der Waals surface area (Å²) in [4.78, 5) is 12.2. The molecule has 4 rings (SSSR count). The van der Waals surface area contributed by atoms with Gasteiger partial charge in [-0.1, -0.05) is 56.3 Å². The fourth-order valence-electron chi connectivity index (χ4n) is 3.42. The Morgan fingerprint density at radius 1 is 1.00 bits per heavy atom. The third kappa shape index (κ3) is 3.50. The molecule has 0 aliphatic carbocycles. The Morgan fingerprint density at radius 2 is 1.71 bits per heavy atom. The molecule has 4 aromatic rings. The molecule has 0 radical (unpaired) electrons. The third-order valence-electron chi connectivity index (χ3n) is 4.92. The van der Waals surface area contributed by atoms with Gasteiger partial charge in [0.25, 0.3) is 0 Å². The minimum atomic E-state index is 0.278. The van der Waals surface area contributed by atoms with Gasteiger partial charge in [0.05, 0.1) is 5.39 Å². The predicted octanol–water partition coefficient (Wildman–Crippen LogP) is 7.29. The number of anilines is 2. The van der Waals surface area contributed by atoms with Gasteiger partial charge in [-0.25, -0.2) is 4.98 Å². The lowest BCUT2D eigenvalue weighted by Gasteiger charge is -2.23. The summed E-state index contributed by atoms with van der Waals surface area (Å²) in [7, 11) is 0. The van der Waals surface area contributed by atoms with Crippen molar-refractivity contribution in [3.8, 4) is 11.1 Å². The SMILES string of the molecule is CCN(c1ccccc1)c1nc(Cl)nc2scc(-c3ccc(C(C)C)cc3)c12. The molecule has 0 spiro atoms. The molecule has 0 amide bonds. The van der Waals surface area contributed by atoms with Crippen LogP contribution in [0.5, 0.6) is 0 Å². The Morgan fingerprint density at radius 3 is 2.36 bits per heavy atom. The molecule has 0 unspecified atom stereocenters. The van der Waals surface area contributed by atoms with Crippen molar-refractivity contribution in [1.29, 1.82) is 0 Å². The van der Waals surface area contributed by atoms with E-state index in [-0.39, 0.29) is 5.28 Å². The second-order valence-corrected chi connectivity index (χ2v) is 8.20. The van der Waals surface area contributed by atoms with E-state index in [4.69, 9.17) is 11.6 Å². The Balaban J connectivity index is 1.90. The molecule has 2 aromatic carbocycles. The number of nitrogens with zero attached hydrogens (tertiary/aromatic N) is 3. The van der Waals surface area contributed by atoms with Crippen LogP contribution in [0.1, 0.15) is 32.3 Å². The Hall–Kier alpha value is -2.43. The molecule has 2 heterocycles. The highest BCUT2D eigenvalue weighted by Gasteiger charge is 2.20. The Kier molecular flexibility index (Phi) is 5.33. The lowest BCUT2D eigenvalue weighted by molar-refractivity contribution is 0.867. The van der Waals surface area contributed by atoms with Gasteiger partial charge >= 0.3 is 0 Å². The molecule has 142 valence electrons. The highest BCUT2D eigenvalue weighted by molar-refractivity contribution is 7.17. The number of rotatable bonds is 5. The second kappa shape index (κ2) is 7.90. The van der Waals surface area contributed by atoms with Crippen molar-refractivity contribution in [2.24, 2.45) is 0 Å². The van der Waals surface area contributed by atoms with Gasteiger partial charge in [-0.05, 0) is 47.7 Å². The zero-order chi connectivity index (χ0) is 19.7. The third-order valence-corrected chi connectivity index (χ3v) is 5.96. The zero-order valence-corrected chi connectivity index (χ0v) is 17.8. The zero-order valence-electron chi connectivity index (χ0n) is 16.2. The molecular formula is C23H22ClN3S. The van der Waals surface area contributed by atoms with E-state index in [1.807, 2.05) is 18.2 Å². The van der Waals surface area contributed by atoms with Gasteiger partial charge in [-0.3, -0.25) is 0 Å². The number of halogens is 1. The Labute approximate surface area is 174 Å². The summed E-state index contributed by atoms with van der Waals surface area (Å²) >= 11 is 7.89. The smallest absolute Gasteiger partial charge is 0.225 e. The van der Waals surface area contributed by atoms with Gasteiger partial charge in [0, 0.05) is 23.2 Å². The Bertz CT molecular complexity index is 1090. The van der Waals surface area contributed by atoms with Crippen molar-refractivity contribution in [2.45, 2.75) is 26.7 Å². The highest BCUT2D eigenvalue weighted by atomic mass is 35.5. The van der Waals surface area contributed by atoms with Crippen LogP contribution in [0.4, 0.5) is 11.5 Å². The average molecular weight is 408 g/mol. The number of para-hydroxylation sites is 1. The van der Waals surface area contributed by atoms with E-state index in [1.54, 1.807) is 11.3 Å². The van der Waals surface area contributed by atoms with Gasteiger partial charge in [0.1, 0.15) is 10.6 Å². The minimum absolute atomic E-state index is 0.278. The average Bonchev–Trinajstić information content (AvgIpc) is 3.13. The van der Waals surface area contributed by atoms with Crippen LogP contribution >= 0.6 is 22.9 Å². The molecule has 0 aliphatic rings. The maximum absolute atomic E-state index is 6.28. The molecular weight excluding hydrogens is 386 g/mol. The van der Waals surface area contributed by atoms with Crippen LogP contribution in [-0.4, -0.2) is 16.5 Å². The van der Waals surface area contributed by atoms with Crippen LogP contribution in [-0.2, 0) is 0 Å². The highest BCUT2D eigenvalue weighted by Crippen LogP contribution is 2.41. The molecule has 0 fully saturated rings. The summed E-state index contributed by atoms with van der Waals surface area (Å²) in [6.07, 6.45) is 0. The van der Waals surface area contributed by atoms with Crippen LogP contribution in [0.2, 0.25) is 5.28 Å². The number of aromatic nitrogens is 2. The first-order valence-corrected chi connectivity index (χ1v) is 10.7. The minimum Gasteiger partial charge on any atom is -0.326 e. The maximum atomic E-state index is 6.28. The maximum Gasteiger partial charge on any atom is 0.225 e. The number of fused-ring (bicyclic) bond motifs is 1. The van der Waals surface area contributed by atoms with Gasteiger partial charge in [0.15, 0.2) is 0 Å². The van der Waals surface area contributed by atoms with Crippen LogP contribution in [0.25, 0.3) is 21.3 Å². The lowest BCUT2D eigenvalue weighted by Crippen LogP contribution is -2.18. The van der Waals surface area contributed by atoms with Crippen LogP contribution in [0, 0.1) is 0 Å². The summed E-state index contributed by atoms with van der Waals surface area (Å²) in [5.74, 6) is 1.37. The summed E-state index contributed by atoms with van der Waals surface area (Å²) in [6, 6.07) is 19.1. The van der Waals surface area contributed by atoms with Crippen LogP contribution in [0.15, 0.2) is 60.0 Å². The monoisotopic (exact) mass is 407 g/mol. The summed E-state index contributed by atoms with van der Waals surface area (Å²) < 4.78 is 0. The van der Waals surface area contributed by atoms with Gasteiger partial charge < -0.3 is 4.90 Å². The van der Waals surface area contributed by atoms with E-state index in [2.05, 4.69) is 77.4 Å². The first-order chi connectivity index (χ1) is 13.6. The van der Waals surface area contributed by atoms with Crippen molar-refractivity contribution in [3.05, 3.63) is 70.8 Å². The summed E-state index contributed by atoms with van der Waals surface area (Å²) in [5.41, 5.74) is 4.75. The van der Waals surface area contributed by atoms with E-state index < -0.39 is 0 Å². The number of hydrogen-bond donors (Lipinski definition) is 0. The topological polar surface area (TPSA) is 29.0 Å². The first kappa shape index (κ1) is 18.9. The molecule has 28 heavy (non-hydrogen) atoms. The molecule has 3 nitrogen and oxygen atoms in total. The lowest BCUT2D eigenvalue weighted by atomic mass is 9.99. The molecule has 0 bridgehead atoms. The van der Waals surface area contributed by atoms with Crippen molar-refractivity contribution in [2.75, 3.05) is 11.4 Å². The molecule has 0 atom stereocenters. The molecule has 0 aliphatic heterocycles. The molecule has 2 aromatic heterocycles. The first-order valence-electron chi connectivity index (χ1n) is 9.46. The predicted molar refractivity (Wildman–Crippen MR) is 121 cm³/mol. The second-order valence-electron chi connectivity index (χ2n) is 7.00. The van der Waals surface area contributed by atoms with E-state index in [9.17, 15) is 0 Å². The fourth-order valence-corrected chi connectivity index (χ4v) is 4.57. The number of thiophene rings is 1. The summed E-state index contributed by atoms with van der Waals surface area (Å²) in [6.45, 7) is 7.33. The molecule has 0 saturated heterocycles. The normalized spacial score (nSPS) is 11.3. The molecule has 0 N–H and O–H groups in total.